The van der Waals surface area contributed by atoms with E-state index in [4.69, 9.17) is 14.5 Å². The van der Waals surface area contributed by atoms with Crippen LogP contribution in [0.3, 0.4) is 0 Å². The first-order chi connectivity index (χ1) is 19.4. The first kappa shape index (κ1) is 26.0. The molecular weight excluding hydrogens is 503 g/mol. The van der Waals surface area contributed by atoms with Gasteiger partial charge >= 0.3 is 0 Å². The molecule has 1 aliphatic rings. The zero-order chi connectivity index (χ0) is 28.0. The van der Waals surface area contributed by atoms with Crippen LogP contribution in [-0.2, 0) is 26.5 Å². The molecule has 0 aliphatic carbocycles. The summed E-state index contributed by atoms with van der Waals surface area (Å²) in [4.78, 5) is 13.7. The maximum Gasteiger partial charge on any atom is 0.214 e. The van der Waals surface area contributed by atoms with Crippen LogP contribution in [0.2, 0.25) is 0 Å². The van der Waals surface area contributed by atoms with Gasteiger partial charge in [-0.05, 0) is 98.2 Å². The van der Waals surface area contributed by atoms with Crippen LogP contribution in [0.25, 0.3) is 33.4 Å². The number of hydrogen-bond donors (Lipinski definition) is 0. The van der Waals surface area contributed by atoms with Crippen LogP contribution in [0, 0.1) is 26.6 Å². The minimum absolute atomic E-state index is 0.295. The predicted molar refractivity (Wildman–Crippen MR) is 155 cm³/mol. The van der Waals surface area contributed by atoms with Gasteiger partial charge in [0.25, 0.3) is 0 Å². The minimum atomic E-state index is -0.295. The number of rotatable bonds is 6. The minimum Gasteiger partial charge on any atom is -0.490 e. The van der Waals surface area contributed by atoms with E-state index in [0.717, 1.165) is 86.3 Å². The van der Waals surface area contributed by atoms with E-state index in [1.54, 1.807) is 18.5 Å². The van der Waals surface area contributed by atoms with Crippen LogP contribution in [0.1, 0.15) is 47.0 Å². The number of aryl methyl sites for hydroxylation is 3. The molecule has 0 bridgehead atoms. The van der Waals surface area contributed by atoms with E-state index < -0.39 is 0 Å². The predicted octanol–water partition coefficient (Wildman–Crippen LogP) is 7.23. The molecule has 5 aromatic rings. The number of ether oxygens (including phenoxy) is 2. The summed E-state index contributed by atoms with van der Waals surface area (Å²) in [7, 11) is 2.02. The Balaban J connectivity index is 1.47. The van der Waals surface area contributed by atoms with Gasteiger partial charge in [0, 0.05) is 53.4 Å². The van der Waals surface area contributed by atoms with Gasteiger partial charge in [0.1, 0.15) is 12.3 Å². The lowest BCUT2D eigenvalue weighted by molar-refractivity contribution is 0.273. The maximum absolute atomic E-state index is 15.4. The fourth-order valence-corrected chi connectivity index (χ4v) is 5.92. The summed E-state index contributed by atoms with van der Waals surface area (Å²) in [5.74, 6) is 0.660. The van der Waals surface area contributed by atoms with Gasteiger partial charge in [-0.3, -0.25) is 4.98 Å². The van der Waals surface area contributed by atoms with Crippen molar-refractivity contribution in [1.82, 2.24) is 19.5 Å². The highest BCUT2D eigenvalue weighted by Gasteiger charge is 2.25. The maximum atomic E-state index is 15.4. The highest BCUT2D eigenvalue weighted by Crippen LogP contribution is 2.43. The Labute approximate surface area is 233 Å². The molecule has 0 saturated carbocycles. The van der Waals surface area contributed by atoms with E-state index in [1.165, 1.54) is 0 Å². The Kier molecular flexibility index (Phi) is 6.74. The summed E-state index contributed by atoms with van der Waals surface area (Å²) in [6.45, 7) is 9.19. The van der Waals surface area contributed by atoms with Gasteiger partial charge in [0.15, 0.2) is 11.6 Å². The summed E-state index contributed by atoms with van der Waals surface area (Å²) < 4.78 is 29.2. The summed E-state index contributed by atoms with van der Waals surface area (Å²) in [6, 6.07) is 11.7. The third kappa shape index (κ3) is 4.49. The molecular formula is C33H33FN4O2. The first-order valence-corrected chi connectivity index (χ1v) is 13.8. The number of benzene rings is 1. The Bertz CT molecular complexity index is 1760. The number of hydrogen-bond acceptors (Lipinski definition) is 5. The lowest BCUT2D eigenvalue weighted by Gasteiger charge is -2.23. The smallest absolute Gasteiger partial charge is 0.214 e. The van der Waals surface area contributed by atoms with Crippen LogP contribution in [-0.4, -0.2) is 26.1 Å². The Hall–Kier alpha value is -4.26. The molecule has 4 aromatic heterocycles. The van der Waals surface area contributed by atoms with Crippen molar-refractivity contribution in [3.8, 4) is 34.0 Å². The monoisotopic (exact) mass is 536 g/mol. The largest absolute Gasteiger partial charge is 0.490 e. The summed E-state index contributed by atoms with van der Waals surface area (Å²) in [5, 5.41) is 1.01. The fourth-order valence-electron chi connectivity index (χ4n) is 5.92. The molecule has 0 fully saturated rings. The second-order valence-corrected chi connectivity index (χ2v) is 10.5. The molecule has 1 aromatic carbocycles. The molecule has 6 rings (SSSR count). The first-order valence-electron chi connectivity index (χ1n) is 13.8. The lowest BCUT2D eigenvalue weighted by Crippen LogP contribution is -2.12. The van der Waals surface area contributed by atoms with E-state index >= 15 is 4.39 Å². The van der Waals surface area contributed by atoms with Crippen molar-refractivity contribution >= 4 is 11.0 Å². The number of pyridine rings is 3. The highest BCUT2D eigenvalue weighted by molar-refractivity contribution is 6.00. The second-order valence-electron chi connectivity index (χ2n) is 10.5. The van der Waals surface area contributed by atoms with Gasteiger partial charge in [0.05, 0.1) is 12.3 Å². The van der Waals surface area contributed by atoms with E-state index in [9.17, 15) is 0 Å². The van der Waals surface area contributed by atoms with Crippen molar-refractivity contribution in [1.29, 1.82) is 0 Å². The van der Waals surface area contributed by atoms with Crippen molar-refractivity contribution < 1.29 is 13.9 Å². The van der Waals surface area contributed by atoms with Gasteiger partial charge in [-0.25, -0.2) is 14.4 Å². The number of halogens is 1. The SMILES string of the molecule is CCc1c(C)nc2c(cc(-c3ccnc(OCc4ccnc(C)c4)c3)n2C)c1-c1cc(F)c2c(c1C)CCCO2. The molecule has 5 heterocycles. The molecule has 7 heteroatoms. The average Bonchev–Trinajstić information content (AvgIpc) is 3.29. The van der Waals surface area contributed by atoms with Crippen LogP contribution < -0.4 is 9.47 Å². The van der Waals surface area contributed by atoms with Gasteiger partial charge in [0.2, 0.25) is 5.88 Å². The highest BCUT2D eigenvalue weighted by atomic mass is 19.1. The molecule has 204 valence electrons. The quantitative estimate of drug-likeness (QED) is 0.229. The second kappa shape index (κ2) is 10.4. The van der Waals surface area contributed by atoms with Gasteiger partial charge in [-0.2, -0.15) is 0 Å². The zero-order valence-electron chi connectivity index (χ0n) is 23.6. The van der Waals surface area contributed by atoms with E-state index in [-0.39, 0.29) is 5.82 Å². The standard InChI is InChI=1S/C33H33FN4O2/c1-6-24-21(4)37-33-27(31(24)26-16-28(34)32-25(20(26)3)8-7-13-39-32)17-29(38(33)5)23-10-12-36-30(15-23)40-18-22-9-11-35-19(2)14-22/h9-12,14-17H,6-8,13,18H2,1-5H3. The van der Waals surface area contributed by atoms with Crippen molar-refractivity contribution in [2.45, 2.75) is 53.6 Å². The number of aromatic nitrogens is 4. The van der Waals surface area contributed by atoms with Crippen molar-refractivity contribution in [2.75, 3.05) is 6.61 Å². The van der Waals surface area contributed by atoms with Crippen molar-refractivity contribution in [2.24, 2.45) is 7.05 Å². The molecule has 0 radical (unpaired) electrons. The van der Waals surface area contributed by atoms with E-state index in [2.05, 4.69) is 34.4 Å². The molecule has 1 aliphatic heterocycles. The van der Waals surface area contributed by atoms with E-state index in [1.807, 2.05) is 45.2 Å². The molecule has 0 unspecified atom stereocenters. The fraction of sp³-hybridized carbons (Fsp3) is 0.303. The molecule has 40 heavy (non-hydrogen) atoms. The zero-order valence-corrected chi connectivity index (χ0v) is 23.6. The Morgan fingerprint density at radius 2 is 1.88 bits per heavy atom. The summed E-state index contributed by atoms with van der Waals surface area (Å²) in [6.07, 6.45) is 6.06. The summed E-state index contributed by atoms with van der Waals surface area (Å²) in [5.41, 5.74) is 10.9. The molecule has 6 nitrogen and oxygen atoms in total. The summed E-state index contributed by atoms with van der Waals surface area (Å²) >= 11 is 0. The third-order valence-corrected chi connectivity index (χ3v) is 7.92. The Morgan fingerprint density at radius 1 is 1.05 bits per heavy atom. The van der Waals surface area contributed by atoms with Crippen LogP contribution in [0.5, 0.6) is 11.6 Å². The molecule has 0 saturated heterocycles. The van der Waals surface area contributed by atoms with E-state index in [0.29, 0.717) is 24.8 Å². The molecule has 0 atom stereocenters. The molecule has 0 amide bonds. The molecule has 0 spiro atoms. The number of nitrogens with zero attached hydrogens (tertiary/aromatic N) is 4. The average molecular weight is 537 g/mol. The molecule has 0 N–H and O–H groups in total. The van der Waals surface area contributed by atoms with Gasteiger partial charge < -0.3 is 14.0 Å². The van der Waals surface area contributed by atoms with Crippen LogP contribution in [0.15, 0.2) is 48.8 Å². The van der Waals surface area contributed by atoms with Gasteiger partial charge in [-0.15, -0.1) is 0 Å². The normalized spacial score (nSPS) is 12.8. The lowest BCUT2D eigenvalue weighted by atomic mass is 9.87. The third-order valence-electron chi connectivity index (χ3n) is 7.92. The number of fused-ring (bicyclic) bond motifs is 2. The topological polar surface area (TPSA) is 62.1 Å². The van der Waals surface area contributed by atoms with Crippen molar-refractivity contribution in [3.63, 3.8) is 0 Å². The van der Waals surface area contributed by atoms with Crippen molar-refractivity contribution in [3.05, 3.63) is 88.3 Å². The van der Waals surface area contributed by atoms with Crippen LogP contribution >= 0.6 is 0 Å². The van der Waals surface area contributed by atoms with Crippen LogP contribution in [0.4, 0.5) is 4.39 Å². The Morgan fingerprint density at radius 3 is 2.67 bits per heavy atom. The van der Waals surface area contributed by atoms with Gasteiger partial charge in [-0.1, -0.05) is 6.92 Å².